The van der Waals surface area contributed by atoms with Gasteiger partial charge in [0.25, 0.3) is 0 Å². The highest BCUT2D eigenvalue weighted by Crippen LogP contribution is 2.22. The Morgan fingerprint density at radius 1 is 1.25 bits per heavy atom. The van der Waals surface area contributed by atoms with E-state index in [4.69, 9.17) is 4.74 Å². The number of amides is 1. The summed E-state index contributed by atoms with van der Waals surface area (Å²) in [5.74, 6) is 1.01. The molecule has 6 nitrogen and oxygen atoms in total. The largest absolute Gasteiger partial charge is 0.380 e. The summed E-state index contributed by atoms with van der Waals surface area (Å²) >= 11 is 0. The molecule has 1 aromatic carbocycles. The number of carbonyl (C=O) groups excluding carboxylic acids is 1. The molecule has 0 bridgehead atoms. The van der Waals surface area contributed by atoms with Crippen LogP contribution in [0.5, 0.6) is 0 Å². The predicted octanol–water partition coefficient (Wildman–Crippen LogP) is 2.48. The normalized spacial score (nSPS) is 15.3. The molecule has 1 amide bonds. The fourth-order valence-electron chi connectivity index (χ4n) is 2.92. The molecule has 0 saturated carbocycles. The fourth-order valence-corrected chi connectivity index (χ4v) is 2.92. The first-order valence-corrected chi connectivity index (χ1v) is 8.16. The van der Waals surface area contributed by atoms with Crippen LogP contribution >= 0.6 is 0 Å². The van der Waals surface area contributed by atoms with Crippen LogP contribution in [0.3, 0.4) is 0 Å². The lowest BCUT2D eigenvalue weighted by atomic mass is 9.96. The maximum Gasteiger partial charge on any atom is 0.227 e. The van der Waals surface area contributed by atoms with Gasteiger partial charge in [-0.1, -0.05) is 12.1 Å². The van der Waals surface area contributed by atoms with Gasteiger partial charge in [0.1, 0.15) is 5.82 Å². The third kappa shape index (κ3) is 4.08. The van der Waals surface area contributed by atoms with Crippen LogP contribution in [0, 0.1) is 5.92 Å². The van der Waals surface area contributed by atoms with Crippen molar-refractivity contribution in [3.63, 3.8) is 0 Å². The van der Waals surface area contributed by atoms with Crippen molar-refractivity contribution >= 4 is 17.4 Å². The van der Waals surface area contributed by atoms with E-state index < -0.39 is 0 Å². The Bertz CT molecular complexity index is 652. The number of hydrogen-bond donors (Lipinski definition) is 1. The molecule has 0 radical (unpaired) electrons. The zero-order valence-electron chi connectivity index (χ0n) is 13.8. The lowest BCUT2D eigenvalue weighted by Crippen LogP contribution is -2.38. The van der Waals surface area contributed by atoms with Gasteiger partial charge >= 0.3 is 0 Å². The molecule has 126 valence electrons. The minimum Gasteiger partial charge on any atom is -0.380 e. The number of benzene rings is 1. The van der Waals surface area contributed by atoms with Crippen molar-refractivity contribution in [2.45, 2.75) is 19.4 Å². The smallest absolute Gasteiger partial charge is 0.227 e. The second-order valence-electron chi connectivity index (χ2n) is 5.94. The molecular formula is C18H22N4O2. The van der Waals surface area contributed by atoms with Crippen molar-refractivity contribution in [2.24, 2.45) is 5.92 Å². The van der Waals surface area contributed by atoms with E-state index in [1.807, 2.05) is 24.3 Å². The zero-order valence-corrected chi connectivity index (χ0v) is 13.8. The molecule has 1 aliphatic rings. The number of nitrogens with one attached hydrogen (secondary N) is 1. The lowest BCUT2D eigenvalue weighted by Gasteiger charge is -2.31. The predicted molar refractivity (Wildman–Crippen MR) is 92.8 cm³/mol. The summed E-state index contributed by atoms with van der Waals surface area (Å²) in [4.78, 5) is 23.0. The molecule has 0 atom stereocenters. The lowest BCUT2D eigenvalue weighted by molar-refractivity contribution is -0.120. The van der Waals surface area contributed by atoms with E-state index in [0.29, 0.717) is 6.61 Å². The summed E-state index contributed by atoms with van der Waals surface area (Å²) in [6, 6.07) is 7.77. The summed E-state index contributed by atoms with van der Waals surface area (Å²) in [6.45, 7) is 2.22. The first kappa shape index (κ1) is 16.4. The van der Waals surface area contributed by atoms with Gasteiger partial charge in [0.2, 0.25) is 5.91 Å². The highest BCUT2D eigenvalue weighted by molar-refractivity contribution is 5.92. The number of anilines is 2. The molecule has 1 aromatic heterocycles. The minimum absolute atomic E-state index is 0.0385. The number of hydrogen-bond acceptors (Lipinski definition) is 5. The molecule has 0 unspecified atom stereocenters. The minimum atomic E-state index is 0.0385. The van der Waals surface area contributed by atoms with Crippen molar-refractivity contribution < 1.29 is 9.53 Å². The van der Waals surface area contributed by atoms with Crippen molar-refractivity contribution in [2.75, 3.05) is 30.4 Å². The van der Waals surface area contributed by atoms with E-state index in [1.54, 1.807) is 25.7 Å². The average Bonchev–Trinajstić information content (AvgIpc) is 2.64. The van der Waals surface area contributed by atoms with E-state index in [9.17, 15) is 4.79 Å². The number of aromatic nitrogens is 2. The van der Waals surface area contributed by atoms with E-state index >= 15 is 0 Å². The number of rotatable bonds is 5. The van der Waals surface area contributed by atoms with Gasteiger partial charge in [-0.05, 0) is 30.5 Å². The molecular weight excluding hydrogens is 304 g/mol. The number of methoxy groups -OCH3 is 1. The van der Waals surface area contributed by atoms with E-state index in [1.165, 1.54) is 0 Å². The van der Waals surface area contributed by atoms with Gasteiger partial charge in [0, 0.05) is 44.2 Å². The molecule has 1 aliphatic heterocycles. The van der Waals surface area contributed by atoms with Crippen LogP contribution in [0.1, 0.15) is 18.4 Å². The Kier molecular flexibility index (Phi) is 5.38. The quantitative estimate of drug-likeness (QED) is 0.914. The number of piperidine rings is 1. The number of nitrogens with zero attached hydrogens (tertiary/aromatic N) is 3. The first-order chi connectivity index (χ1) is 11.8. The summed E-state index contributed by atoms with van der Waals surface area (Å²) < 4.78 is 5.09. The Balaban J connectivity index is 1.51. The molecule has 3 rings (SSSR count). The van der Waals surface area contributed by atoms with Gasteiger partial charge < -0.3 is 15.0 Å². The van der Waals surface area contributed by atoms with E-state index in [0.717, 1.165) is 43.0 Å². The van der Waals surface area contributed by atoms with Crippen LogP contribution in [0.4, 0.5) is 11.5 Å². The van der Waals surface area contributed by atoms with Gasteiger partial charge in [-0.3, -0.25) is 9.78 Å². The maximum absolute atomic E-state index is 12.4. The third-order valence-electron chi connectivity index (χ3n) is 4.27. The van der Waals surface area contributed by atoms with Crippen LogP contribution in [0.2, 0.25) is 0 Å². The summed E-state index contributed by atoms with van der Waals surface area (Å²) in [7, 11) is 1.67. The molecule has 2 aromatic rings. The topological polar surface area (TPSA) is 67.3 Å². The summed E-state index contributed by atoms with van der Waals surface area (Å²) in [5, 5.41) is 3.01. The Morgan fingerprint density at radius 3 is 2.62 bits per heavy atom. The van der Waals surface area contributed by atoms with Gasteiger partial charge in [-0.2, -0.15) is 0 Å². The number of ether oxygens (including phenoxy) is 1. The van der Waals surface area contributed by atoms with Crippen LogP contribution < -0.4 is 10.2 Å². The third-order valence-corrected chi connectivity index (χ3v) is 4.27. The first-order valence-electron chi connectivity index (χ1n) is 8.16. The summed E-state index contributed by atoms with van der Waals surface area (Å²) in [5.41, 5.74) is 1.92. The van der Waals surface area contributed by atoms with Crippen molar-refractivity contribution in [3.05, 3.63) is 48.4 Å². The van der Waals surface area contributed by atoms with Gasteiger partial charge in [-0.15, -0.1) is 0 Å². The molecule has 1 fully saturated rings. The zero-order chi connectivity index (χ0) is 16.8. The Morgan fingerprint density at radius 2 is 2.00 bits per heavy atom. The van der Waals surface area contributed by atoms with Crippen LogP contribution in [0.25, 0.3) is 0 Å². The average molecular weight is 326 g/mol. The monoisotopic (exact) mass is 326 g/mol. The van der Waals surface area contributed by atoms with Crippen LogP contribution in [-0.2, 0) is 16.1 Å². The molecule has 2 heterocycles. The molecule has 6 heteroatoms. The van der Waals surface area contributed by atoms with Crippen molar-refractivity contribution in [1.29, 1.82) is 0 Å². The molecule has 24 heavy (non-hydrogen) atoms. The number of carbonyl (C=O) groups is 1. The standard InChI is InChI=1S/C18H22N4O2/c1-24-13-14-2-4-16(5-3-14)21-18(23)15-6-10-22(11-7-15)17-12-19-8-9-20-17/h2-5,8-9,12,15H,6-7,10-11,13H2,1H3,(H,21,23). The van der Waals surface area contributed by atoms with Crippen LogP contribution in [-0.4, -0.2) is 36.1 Å². The van der Waals surface area contributed by atoms with Crippen molar-refractivity contribution in [3.8, 4) is 0 Å². The van der Waals surface area contributed by atoms with E-state index in [-0.39, 0.29) is 11.8 Å². The van der Waals surface area contributed by atoms with Gasteiger partial charge in [0.05, 0.1) is 12.8 Å². The molecule has 0 spiro atoms. The van der Waals surface area contributed by atoms with Gasteiger partial charge in [0.15, 0.2) is 0 Å². The van der Waals surface area contributed by atoms with Crippen molar-refractivity contribution in [1.82, 2.24) is 9.97 Å². The molecule has 1 N–H and O–H groups in total. The van der Waals surface area contributed by atoms with E-state index in [2.05, 4.69) is 20.2 Å². The SMILES string of the molecule is COCc1ccc(NC(=O)C2CCN(c3cnccn3)CC2)cc1. The maximum atomic E-state index is 12.4. The fraction of sp³-hybridized carbons (Fsp3) is 0.389. The molecule has 1 saturated heterocycles. The Labute approximate surface area is 141 Å². The second-order valence-corrected chi connectivity index (χ2v) is 5.94. The Hall–Kier alpha value is -2.47. The van der Waals surface area contributed by atoms with Gasteiger partial charge in [-0.25, -0.2) is 4.98 Å². The second kappa shape index (κ2) is 7.88. The molecule has 0 aliphatic carbocycles. The summed E-state index contributed by atoms with van der Waals surface area (Å²) in [6.07, 6.45) is 6.78. The van der Waals surface area contributed by atoms with Crippen LogP contribution in [0.15, 0.2) is 42.9 Å². The highest BCUT2D eigenvalue weighted by Gasteiger charge is 2.25. The highest BCUT2D eigenvalue weighted by atomic mass is 16.5.